The lowest BCUT2D eigenvalue weighted by Crippen LogP contribution is -2.15. The molecule has 0 aromatic heterocycles. The Morgan fingerprint density at radius 3 is 2.00 bits per heavy atom. The van der Waals surface area contributed by atoms with E-state index in [0.717, 1.165) is 3.57 Å². The molecule has 0 unspecified atom stereocenters. The highest BCUT2D eigenvalue weighted by atomic mass is 127. The van der Waals surface area contributed by atoms with E-state index in [4.69, 9.17) is 8.92 Å². The molecule has 0 N–H and O–H groups in total. The fraction of sp³-hybridized carbons (Fsp3) is 0.250. The van der Waals surface area contributed by atoms with E-state index in [1.54, 1.807) is 31.2 Å². The molecule has 9 heteroatoms. The van der Waals surface area contributed by atoms with Gasteiger partial charge in [-0.15, -0.1) is 0 Å². The van der Waals surface area contributed by atoms with Crippen LogP contribution < -0.4 is 8.92 Å². The quantitative estimate of drug-likeness (QED) is 0.413. The summed E-state index contributed by atoms with van der Waals surface area (Å²) in [5.74, 6) is 0.591. The Balaban J connectivity index is 2.01. The summed E-state index contributed by atoms with van der Waals surface area (Å²) < 4.78 is 58.6. The topological polar surface area (TPSA) is 86.7 Å². The molecule has 0 amide bonds. The molecule has 136 valence electrons. The highest BCUT2D eigenvalue weighted by Gasteiger charge is 2.17. The number of ether oxygens (including phenoxy) is 1. The molecular formula is C16H17IO6S2. The van der Waals surface area contributed by atoms with Crippen LogP contribution in [-0.4, -0.2) is 34.9 Å². The third kappa shape index (κ3) is 6.15. The van der Waals surface area contributed by atoms with Crippen molar-refractivity contribution in [3.05, 3.63) is 52.1 Å². The van der Waals surface area contributed by atoms with E-state index in [-0.39, 0.29) is 28.8 Å². The van der Waals surface area contributed by atoms with Crippen LogP contribution in [0.5, 0.6) is 11.5 Å². The van der Waals surface area contributed by atoms with Crippen molar-refractivity contribution in [3.63, 3.8) is 0 Å². The molecular weight excluding hydrogens is 479 g/mol. The molecule has 0 aliphatic heterocycles. The molecule has 0 spiro atoms. The number of hydrogen-bond acceptors (Lipinski definition) is 6. The average Bonchev–Trinajstić information content (AvgIpc) is 2.57. The summed E-state index contributed by atoms with van der Waals surface area (Å²) in [4.78, 5) is -0.0143. The minimum atomic E-state index is -3.94. The van der Waals surface area contributed by atoms with Gasteiger partial charge >= 0.3 is 10.1 Å². The van der Waals surface area contributed by atoms with Crippen molar-refractivity contribution in [2.24, 2.45) is 0 Å². The molecule has 0 bridgehead atoms. The van der Waals surface area contributed by atoms with Crippen LogP contribution in [0.15, 0.2) is 53.4 Å². The van der Waals surface area contributed by atoms with Crippen molar-refractivity contribution in [1.82, 2.24) is 0 Å². The zero-order chi connectivity index (χ0) is 18.5. The van der Waals surface area contributed by atoms with Gasteiger partial charge in [0, 0.05) is 9.32 Å². The largest absolute Gasteiger partial charge is 0.493 e. The standard InChI is InChI=1S/C16H17IO6S2/c1-2-24(18,19)12-11-22-14-7-9-16(10-8-14)25(20,21)23-15-5-3-13(17)4-6-15/h3-10H,2,11-12H2,1H3. The zero-order valence-electron chi connectivity index (χ0n) is 13.4. The molecule has 0 saturated carbocycles. The summed E-state index contributed by atoms with van der Waals surface area (Å²) >= 11 is 2.11. The third-order valence-electron chi connectivity index (χ3n) is 3.23. The predicted molar refractivity (Wildman–Crippen MR) is 103 cm³/mol. The van der Waals surface area contributed by atoms with E-state index < -0.39 is 20.0 Å². The highest BCUT2D eigenvalue weighted by Crippen LogP contribution is 2.21. The summed E-state index contributed by atoms with van der Waals surface area (Å²) in [7, 11) is -7.04. The van der Waals surface area contributed by atoms with Gasteiger partial charge in [-0.3, -0.25) is 0 Å². The van der Waals surface area contributed by atoms with Crippen LogP contribution in [-0.2, 0) is 20.0 Å². The zero-order valence-corrected chi connectivity index (χ0v) is 17.2. The second-order valence-corrected chi connectivity index (χ2v) is 10.3. The number of benzene rings is 2. The van der Waals surface area contributed by atoms with E-state index >= 15 is 0 Å². The first-order valence-electron chi connectivity index (χ1n) is 7.35. The van der Waals surface area contributed by atoms with E-state index in [0.29, 0.717) is 5.75 Å². The Kier molecular flexibility index (Phi) is 6.69. The van der Waals surface area contributed by atoms with Gasteiger partial charge in [0.05, 0.1) is 5.75 Å². The van der Waals surface area contributed by atoms with Crippen LogP contribution in [0.2, 0.25) is 0 Å². The van der Waals surface area contributed by atoms with Gasteiger partial charge in [-0.05, 0) is 71.1 Å². The molecule has 0 radical (unpaired) electrons. The minimum absolute atomic E-state index is 0.0143. The Morgan fingerprint density at radius 1 is 0.880 bits per heavy atom. The van der Waals surface area contributed by atoms with Gasteiger partial charge in [0.1, 0.15) is 23.0 Å². The Labute approximate surface area is 161 Å². The fourth-order valence-corrected chi connectivity index (χ4v) is 3.71. The molecule has 2 rings (SSSR count). The molecule has 0 saturated heterocycles. The SMILES string of the molecule is CCS(=O)(=O)CCOc1ccc(S(=O)(=O)Oc2ccc(I)cc2)cc1. The monoisotopic (exact) mass is 496 g/mol. The average molecular weight is 496 g/mol. The van der Waals surface area contributed by atoms with Gasteiger partial charge in [0.25, 0.3) is 0 Å². The lowest BCUT2D eigenvalue weighted by Gasteiger charge is -2.09. The normalized spacial score (nSPS) is 11.9. The maximum Gasteiger partial charge on any atom is 0.339 e. The van der Waals surface area contributed by atoms with Crippen LogP contribution in [0.25, 0.3) is 0 Å². The van der Waals surface area contributed by atoms with Gasteiger partial charge in [-0.2, -0.15) is 8.42 Å². The number of sulfone groups is 1. The molecule has 0 aliphatic carbocycles. The molecule has 0 atom stereocenters. The Morgan fingerprint density at radius 2 is 1.44 bits per heavy atom. The van der Waals surface area contributed by atoms with Gasteiger partial charge in [0.15, 0.2) is 9.84 Å². The van der Waals surface area contributed by atoms with Crippen LogP contribution in [0.1, 0.15) is 6.92 Å². The molecule has 6 nitrogen and oxygen atoms in total. The predicted octanol–water partition coefficient (Wildman–Crippen LogP) is 2.87. The van der Waals surface area contributed by atoms with Crippen molar-refractivity contribution in [2.75, 3.05) is 18.1 Å². The summed E-state index contributed by atoms with van der Waals surface area (Å²) in [6.45, 7) is 1.59. The number of rotatable bonds is 8. The molecule has 2 aromatic rings. The van der Waals surface area contributed by atoms with Crippen LogP contribution in [0.3, 0.4) is 0 Å². The van der Waals surface area contributed by atoms with Crippen LogP contribution >= 0.6 is 22.6 Å². The van der Waals surface area contributed by atoms with Crippen LogP contribution in [0.4, 0.5) is 0 Å². The Hall–Kier alpha value is -1.33. The molecule has 0 heterocycles. The van der Waals surface area contributed by atoms with Crippen molar-refractivity contribution in [2.45, 2.75) is 11.8 Å². The lowest BCUT2D eigenvalue weighted by atomic mass is 10.3. The van der Waals surface area contributed by atoms with Crippen molar-refractivity contribution in [3.8, 4) is 11.5 Å². The van der Waals surface area contributed by atoms with Gasteiger partial charge in [0.2, 0.25) is 0 Å². The first-order valence-corrected chi connectivity index (χ1v) is 11.7. The first-order chi connectivity index (χ1) is 11.7. The lowest BCUT2D eigenvalue weighted by molar-refractivity contribution is 0.340. The summed E-state index contributed by atoms with van der Waals surface area (Å²) in [6, 6.07) is 12.3. The highest BCUT2D eigenvalue weighted by molar-refractivity contribution is 14.1. The van der Waals surface area contributed by atoms with E-state index in [2.05, 4.69) is 22.6 Å². The van der Waals surface area contributed by atoms with Gasteiger partial charge in [-0.25, -0.2) is 8.42 Å². The van der Waals surface area contributed by atoms with Crippen molar-refractivity contribution >= 4 is 42.5 Å². The van der Waals surface area contributed by atoms with Gasteiger partial charge < -0.3 is 8.92 Å². The third-order valence-corrected chi connectivity index (χ3v) is 6.88. The van der Waals surface area contributed by atoms with Crippen molar-refractivity contribution in [1.29, 1.82) is 0 Å². The Bertz CT molecular complexity index is 904. The molecule has 25 heavy (non-hydrogen) atoms. The number of hydrogen-bond donors (Lipinski definition) is 0. The summed E-state index contributed by atoms with van der Waals surface area (Å²) in [5.41, 5.74) is 0. The second kappa shape index (κ2) is 8.37. The molecule has 0 aliphatic rings. The minimum Gasteiger partial charge on any atom is -0.493 e. The van der Waals surface area contributed by atoms with E-state index in [9.17, 15) is 16.8 Å². The smallest absolute Gasteiger partial charge is 0.339 e. The summed E-state index contributed by atoms with van der Waals surface area (Å²) in [5, 5.41) is 0. The van der Waals surface area contributed by atoms with Crippen LogP contribution in [0, 0.1) is 3.57 Å². The molecule has 0 fully saturated rings. The van der Waals surface area contributed by atoms with Gasteiger partial charge in [-0.1, -0.05) is 6.92 Å². The van der Waals surface area contributed by atoms with E-state index in [1.807, 2.05) is 0 Å². The van der Waals surface area contributed by atoms with E-state index in [1.165, 1.54) is 24.3 Å². The maximum absolute atomic E-state index is 12.2. The fourth-order valence-electron chi connectivity index (χ4n) is 1.80. The number of halogens is 1. The first kappa shape index (κ1) is 20.0. The summed E-state index contributed by atoms with van der Waals surface area (Å²) in [6.07, 6.45) is 0. The molecule has 2 aromatic carbocycles. The second-order valence-electron chi connectivity index (χ2n) is 5.05. The van der Waals surface area contributed by atoms with Crippen molar-refractivity contribution < 1.29 is 25.8 Å². The maximum atomic E-state index is 12.2.